The largest absolute Gasteiger partial charge is 0.444 e. The zero-order chi connectivity index (χ0) is 21.1. The summed E-state index contributed by atoms with van der Waals surface area (Å²) in [5.74, 6) is 0.960. The van der Waals surface area contributed by atoms with Crippen LogP contribution < -0.4 is 5.32 Å². The second kappa shape index (κ2) is 8.30. The molecule has 0 unspecified atom stereocenters. The molecule has 3 aromatic rings. The van der Waals surface area contributed by atoms with Gasteiger partial charge in [-0.1, -0.05) is 36.4 Å². The molecule has 1 saturated heterocycles. The van der Waals surface area contributed by atoms with Crippen LogP contribution in [0.15, 0.2) is 54.7 Å². The van der Waals surface area contributed by atoms with E-state index in [0.717, 1.165) is 30.8 Å². The fraction of sp³-hybridized carbons (Fsp3) is 0.375. The van der Waals surface area contributed by atoms with E-state index in [1.807, 2.05) is 39.0 Å². The summed E-state index contributed by atoms with van der Waals surface area (Å²) >= 11 is 0. The second-order valence-electron chi connectivity index (χ2n) is 8.79. The number of hydrogen-bond donors (Lipinski definition) is 1. The van der Waals surface area contributed by atoms with E-state index in [1.165, 1.54) is 10.8 Å². The Bertz CT molecular complexity index is 1040. The fourth-order valence-corrected chi connectivity index (χ4v) is 3.68. The molecule has 0 aliphatic carbocycles. The molecule has 1 fully saturated rings. The lowest BCUT2D eigenvalue weighted by atomic mass is 10.1. The van der Waals surface area contributed by atoms with Crippen LogP contribution in [0.2, 0.25) is 0 Å². The van der Waals surface area contributed by atoms with Crippen LogP contribution in [0.3, 0.4) is 0 Å². The van der Waals surface area contributed by atoms with Gasteiger partial charge in [0.2, 0.25) is 5.95 Å². The summed E-state index contributed by atoms with van der Waals surface area (Å²) in [5, 5.41) is 5.74. The van der Waals surface area contributed by atoms with Crippen molar-refractivity contribution >= 4 is 22.8 Å². The minimum atomic E-state index is -0.468. The highest BCUT2D eigenvalue weighted by molar-refractivity contribution is 5.86. The van der Waals surface area contributed by atoms with Crippen molar-refractivity contribution in [3.05, 3.63) is 54.7 Å². The minimum Gasteiger partial charge on any atom is -0.444 e. The average molecular weight is 405 g/mol. The first-order valence-electron chi connectivity index (χ1n) is 10.4. The Balaban J connectivity index is 1.37. The molecule has 1 amide bonds. The topological polar surface area (TPSA) is 67.3 Å². The molecule has 1 atom stereocenters. The van der Waals surface area contributed by atoms with E-state index in [9.17, 15) is 4.79 Å². The van der Waals surface area contributed by atoms with Gasteiger partial charge >= 0.3 is 6.09 Å². The number of hydrogen-bond acceptors (Lipinski definition) is 5. The number of aromatic nitrogens is 2. The van der Waals surface area contributed by atoms with Gasteiger partial charge in [0.25, 0.3) is 0 Å². The zero-order valence-corrected chi connectivity index (χ0v) is 17.8. The van der Waals surface area contributed by atoms with Crippen molar-refractivity contribution in [1.82, 2.24) is 14.9 Å². The van der Waals surface area contributed by atoms with Crippen LogP contribution in [0.25, 0.3) is 22.0 Å². The standard InChI is InChI=1S/C24H28N4O2/c1-24(2,3)30-23(29)28-13-11-17(16-28)15-26-22-25-12-10-21(27-22)20-9-8-18-6-4-5-7-19(18)14-20/h4-10,12,14,17H,11,13,15-16H2,1-3H3,(H,25,26,27)/t17-/m0/s1. The number of rotatable bonds is 4. The highest BCUT2D eigenvalue weighted by Gasteiger charge is 2.29. The number of carbonyl (C=O) groups is 1. The summed E-state index contributed by atoms with van der Waals surface area (Å²) in [7, 11) is 0. The predicted molar refractivity (Wildman–Crippen MR) is 119 cm³/mol. The lowest BCUT2D eigenvalue weighted by molar-refractivity contribution is 0.0289. The number of ether oxygens (including phenoxy) is 1. The van der Waals surface area contributed by atoms with Gasteiger partial charge in [0, 0.05) is 31.4 Å². The lowest BCUT2D eigenvalue weighted by Crippen LogP contribution is -2.35. The second-order valence-corrected chi connectivity index (χ2v) is 8.79. The van der Waals surface area contributed by atoms with Crippen LogP contribution in [0.5, 0.6) is 0 Å². The summed E-state index contributed by atoms with van der Waals surface area (Å²) in [5.41, 5.74) is 1.49. The van der Waals surface area contributed by atoms with Crippen molar-refractivity contribution in [2.24, 2.45) is 5.92 Å². The summed E-state index contributed by atoms with van der Waals surface area (Å²) < 4.78 is 5.47. The maximum absolute atomic E-state index is 12.2. The van der Waals surface area contributed by atoms with E-state index in [1.54, 1.807) is 11.1 Å². The van der Waals surface area contributed by atoms with E-state index in [0.29, 0.717) is 18.4 Å². The van der Waals surface area contributed by atoms with Crippen molar-refractivity contribution < 1.29 is 9.53 Å². The molecule has 1 aliphatic heterocycles. The first-order valence-corrected chi connectivity index (χ1v) is 10.4. The Kier molecular flexibility index (Phi) is 5.57. The van der Waals surface area contributed by atoms with Gasteiger partial charge in [-0.3, -0.25) is 0 Å². The highest BCUT2D eigenvalue weighted by atomic mass is 16.6. The van der Waals surface area contributed by atoms with Gasteiger partial charge in [-0.25, -0.2) is 14.8 Å². The minimum absolute atomic E-state index is 0.237. The maximum Gasteiger partial charge on any atom is 0.410 e. The molecule has 2 aromatic carbocycles. The van der Waals surface area contributed by atoms with Gasteiger partial charge < -0.3 is 15.0 Å². The summed E-state index contributed by atoms with van der Waals surface area (Å²) in [4.78, 5) is 23.1. The van der Waals surface area contributed by atoms with Gasteiger partial charge in [0.15, 0.2) is 0 Å². The number of fused-ring (bicyclic) bond motifs is 1. The van der Waals surface area contributed by atoms with Crippen molar-refractivity contribution in [2.45, 2.75) is 32.8 Å². The fourth-order valence-electron chi connectivity index (χ4n) is 3.68. The summed E-state index contributed by atoms with van der Waals surface area (Å²) in [6.07, 6.45) is 2.48. The van der Waals surface area contributed by atoms with Gasteiger partial charge in [-0.05, 0) is 56.0 Å². The van der Waals surface area contributed by atoms with Crippen molar-refractivity contribution in [3.8, 4) is 11.3 Å². The molecule has 1 N–H and O–H groups in total. The molecule has 6 nitrogen and oxygen atoms in total. The number of nitrogens with one attached hydrogen (secondary N) is 1. The third-order valence-corrected chi connectivity index (χ3v) is 5.19. The Morgan fingerprint density at radius 2 is 1.97 bits per heavy atom. The average Bonchev–Trinajstić information content (AvgIpc) is 3.20. The van der Waals surface area contributed by atoms with Crippen molar-refractivity contribution in [2.75, 3.05) is 25.0 Å². The quantitative estimate of drug-likeness (QED) is 0.665. The predicted octanol–water partition coefficient (Wildman–Crippen LogP) is 4.97. The summed E-state index contributed by atoms with van der Waals surface area (Å²) in [6, 6.07) is 16.6. The molecule has 30 heavy (non-hydrogen) atoms. The summed E-state index contributed by atoms with van der Waals surface area (Å²) in [6.45, 7) is 7.80. The number of likely N-dealkylation sites (tertiary alicyclic amines) is 1. The molecule has 156 valence electrons. The number of nitrogens with zero attached hydrogens (tertiary/aromatic N) is 3. The number of carbonyl (C=O) groups excluding carboxylic acids is 1. The van der Waals surface area contributed by atoms with Gasteiger partial charge in [-0.2, -0.15) is 0 Å². The van der Waals surface area contributed by atoms with E-state index in [-0.39, 0.29) is 6.09 Å². The third-order valence-electron chi connectivity index (χ3n) is 5.19. The smallest absolute Gasteiger partial charge is 0.410 e. The molecular weight excluding hydrogens is 376 g/mol. The van der Waals surface area contributed by atoms with Crippen LogP contribution in [-0.2, 0) is 4.74 Å². The van der Waals surface area contributed by atoms with E-state index < -0.39 is 5.60 Å². The SMILES string of the molecule is CC(C)(C)OC(=O)N1CC[C@@H](CNc2nccc(-c3ccc4ccccc4c3)n2)C1. The monoisotopic (exact) mass is 404 g/mol. The lowest BCUT2D eigenvalue weighted by Gasteiger charge is -2.24. The first kappa shape index (κ1) is 20.1. The molecule has 6 heteroatoms. The first-order chi connectivity index (χ1) is 14.4. The number of benzene rings is 2. The molecule has 0 radical (unpaired) electrons. The van der Waals surface area contributed by atoms with Gasteiger partial charge in [0.1, 0.15) is 5.60 Å². The van der Waals surface area contributed by atoms with Crippen molar-refractivity contribution in [1.29, 1.82) is 0 Å². The molecule has 2 heterocycles. The van der Waals surface area contributed by atoms with Crippen LogP contribution in [-0.4, -0.2) is 46.2 Å². The molecule has 0 saturated carbocycles. The molecule has 0 spiro atoms. The normalized spacial score (nSPS) is 16.6. The Morgan fingerprint density at radius 1 is 1.17 bits per heavy atom. The highest BCUT2D eigenvalue weighted by Crippen LogP contribution is 2.24. The van der Waals surface area contributed by atoms with Crippen LogP contribution in [0.4, 0.5) is 10.7 Å². The van der Waals surface area contributed by atoms with E-state index in [2.05, 4.69) is 45.6 Å². The van der Waals surface area contributed by atoms with E-state index >= 15 is 0 Å². The van der Waals surface area contributed by atoms with Gasteiger partial charge in [-0.15, -0.1) is 0 Å². The Hall–Kier alpha value is -3.15. The van der Waals surface area contributed by atoms with Crippen molar-refractivity contribution in [3.63, 3.8) is 0 Å². The maximum atomic E-state index is 12.2. The molecule has 4 rings (SSSR count). The molecule has 1 aliphatic rings. The molecular formula is C24H28N4O2. The third kappa shape index (κ3) is 4.87. The van der Waals surface area contributed by atoms with Crippen LogP contribution in [0, 0.1) is 5.92 Å². The van der Waals surface area contributed by atoms with E-state index in [4.69, 9.17) is 4.74 Å². The zero-order valence-electron chi connectivity index (χ0n) is 17.8. The van der Waals surface area contributed by atoms with Gasteiger partial charge in [0.05, 0.1) is 5.69 Å². The molecule has 1 aromatic heterocycles. The Morgan fingerprint density at radius 3 is 2.77 bits per heavy atom. The Labute approximate surface area is 177 Å². The number of amides is 1. The van der Waals surface area contributed by atoms with Crippen LogP contribution in [0.1, 0.15) is 27.2 Å². The number of anilines is 1. The van der Waals surface area contributed by atoms with Crippen LogP contribution >= 0.6 is 0 Å². The molecule has 0 bridgehead atoms.